The van der Waals surface area contributed by atoms with Crippen molar-refractivity contribution in [1.29, 1.82) is 0 Å². The average Bonchev–Trinajstić information content (AvgIpc) is 3.44. The third kappa shape index (κ3) is 4.03. The number of benzene rings is 1. The van der Waals surface area contributed by atoms with Crippen LogP contribution in [0.2, 0.25) is 0 Å². The van der Waals surface area contributed by atoms with Gasteiger partial charge < -0.3 is 14.5 Å². The van der Waals surface area contributed by atoms with Gasteiger partial charge in [0.1, 0.15) is 0 Å². The molecule has 3 heterocycles. The Balaban J connectivity index is 1.29. The lowest BCUT2D eigenvalue weighted by atomic mass is 9.89. The van der Waals surface area contributed by atoms with Crippen molar-refractivity contribution in [2.45, 2.75) is 66.1 Å². The van der Waals surface area contributed by atoms with E-state index in [1.54, 1.807) is 0 Å². The molecule has 1 spiro atoms. The summed E-state index contributed by atoms with van der Waals surface area (Å²) >= 11 is 0. The second kappa shape index (κ2) is 8.08. The Kier molecular flexibility index (Phi) is 5.47. The molecule has 176 valence electrons. The van der Waals surface area contributed by atoms with Gasteiger partial charge in [-0.3, -0.25) is 14.6 Å². The van der Waals surface area contributed by atoms with Crippen LogP contribution in [0.3, 0.4) is 0 Å². The van der Waals surface area contributed by atoms with Gasteiger partial charge in [-0.05, 0) is 82.6 Å². The second-order valence-corrected chi connectivity index (χ2v) is 10.7. The number of pyridine rings is 1. The van der Waals surface area contributed by atoms with Crippen molar-refractivity contribution in [3.05, 3.63) is 40.6 Å². The lowest BCUT2D eigenvalue weighted by Gasteiger charge is -2.37. The van der Waals surface area contributed by atoms with Crippen molar-refractivity contribution in [1.82, 2.24) is 14.8 Å². The first-order valence-electron chi connectivity index (χ1n) is 12.3. The van der Waals surface area contributed by atoms with Gasteiger partial charge in [-0.25, -0.2) is 0 Å². The van der Waals surface area contributed by atoms with Crippen LogP contribution in [-0.4, -0.2) is 65.0 Å². The molecule has 1 aliphatic carbocycles. The molecule has 5 rings (SSSR count). The number of hydrogen-bond donors (Lipinski definition) is 0. The van der Waals surface area contributed by atoms with Crippen LogP contribution >= 0.6 is 0 Å². The minimum atomic E-state index is 0.0852. The monoisotopic (exact) mass is 449 g/mol. The molecule has 3 atom stereocenters. The predicted octanol–water partition coefficient (Wildman–Crippen LogP) is 4.04. The molecular weight excluding hydrogens is 414 g/mol. The highest BCUT2D eigenvalue weighted by atomic mass is 16.5. The summed E-state index contributed by atoms with van der Waals surface area (Å²) in [5.41, 5.74) is 4.85. The summed E-state index contributed by atoms with van der Waals surface area (Å²) < 4.78 is 5.80. The highest BCUT2D eigenvalue weighted by Crippen LogP contribution is 2.60. The molecule has 0 radical (unpaired) electrons. The van der Waals surface area contributed by atoms with E-state index < -0.39 is 0 Å². The van der Waals surface area contributed by atoms with Crippen LogP contribution in [-0.2, 0) is 9.53 Å². The summed E-state index contributed by atoms with van der Waals surface area (Å²) in [6.45, 7) is 13.0. The van der Waals surface area contributed by atoms with Crippen molar-refractivity contribution in [3.63, 3.8) is 0 Å². The zero-order valence-electron chi connectivity index (χ0n) is 20.5. The lowest BCUT2D eigenvalue weighted by Crippen LogP contribution is -2.49. The average molecular weight is 450 g/mol. The van der Waals surface area contributed by atoms with Gasteiger partial charge in [0.2, 0.25) is 5.91 Å². The molecule has 6 nitrogen and oxygen atoms in total. The van der Waals surface area contributed by atoms with E-state index in [1.807, 2.05) is 36.6 Å². The van der Waals surface area contributed by atoms with Crippen LogP contribution < -0.4 is 0 Å². The Labute approximate surface area is 196 Å². The van der Waals surface area contributed by atoms with Gasteiger partial charge in [0.05, 0.1) is 23.3 Å². The van der Waals surface area contributed by atoms with E-state index in [4.69, 9.17) is 4.74 Å². The molecule has 1 aromatic carbocycles. The van der Waals surface area contributed by atoms with Crippen LogP contribution in [0, 0.1) is 32.1 Å². The van der Waals surface area contributed by atoms with E-state index >= 15 is 0 Å². The normalized spacial score (nSPS) is 26.6. The lowest BCUT2D eigenvalue weighted by molar-refractivity contribution is -0.145. The number of fused-ring (bicyclic) bond motifs is 1. The number of piperidine rings is 1. The molecule has 0 bridgehead atoms. The Morgan fingerprint density at radius 1 is 1.00 bits per heavy atom. The molecule has 2 aliphatic heterocycles. The summed E-state index contributed by atoms with van der Waals surface area (Å²) in [5.74, 6) is 0.492. The standard InChI is InChI=1S/C27H35N3O3/c1-16-10-17(2)24-21(12-18(3)28-23(24)11-16)25(31)29-8-6-27(7-9-29)13-22(27)26(32)30-14-19(4)33-20(5)15-30/h10-12,19-20,22H,6-9,13-15H2,1-5H3/t19-,20+,22?. The maximum Gasteiger partial charge on any atom is 0.254 e. The van der Waals surface area contributed by atoms with Crippen LogP contribution in [0.15, 0.2) is 18.2 Å². The van der Waals surface area contributed by atoms with Crippen LogP contribution in [0.25, 0.3) is 10.9 Å². The first-order chi connectivity index (χ1) is 15.7. The summed E-state index contributed by atoms with van der Waals surface area (Å²) in [6.07, 6.45) is 2.97. The zero-order chi connectivity index (χ0) is 23.5. The Morgan fingerprint density at radius 3 is 2.33 bits per heavy atom. The number of carbonyl (C=O) groups is 2. The molecule has 6 heteroatoms. The molecule has 2 aromatic rings. The molecule has 2 saturated heterocycles. The largest absolute Gasteiger partial charge is 0.372 e. The third-order valence-corrected chi connectivity index (χ3v) is 7.87. The maximum atomic E-state index is 13.6. The number of hydrogen-bond acceptors (Lipinski definition) is 4. The van der Waals surface area contributed by atoms with Crippen molar-refractivity contribution >= 4 is 22.7 Å². The predicted molar refractivity (Wildman–Crippen MR) is 128 cm³/mol. The van der Waals surface area contributed by atoms with Gasteiger partial charge in [-0.15, -0.1) is 0 Å². The van der Waals surface area contributed by atoms with Crippen LogP contribution in [0.4, 0.5) is 0 Å². The topological polar surface area (TPSA) is 62.7 Å². The van der Waals surface area contributed by atoms with Gasteiger partial charge >= 0.3 is 0 Å². The molecule has 1 unspecified atom stereocenters. The van der Waals surface area contributed by atoms with Crippen molar-refractivity contribution < 1.29 is 14.3 Å². The van der Waals surface area contributed by atoms with E-state index in [9.17, 15) is 9.59 Å². The number of morpholine rings is 1. The number of carbonyl (C=O) groups excluding carboxylic acids is 2. The molecule has 2 amide bonds. The Hall–Kier alpha value is -2.47. The molecule has 1 saturated carbocycles. The van der Waals surface area contributed by atoms with Crippen molar-refractivity contribution in [3.8, 4) is 0 Å². The summed E-state index contributed by atoms with van der Waals surface area (Å²) in [4.78, 5) is 35.4. The molecular formula is C27H35N3O3. The second-order valence-electron chi connectivity index (χ2n) is 10.7. The first-order valence-corrected chi connectivity index (χ1v) is 12.3. The van der Waals surface area contributed by atoms with Gasteiger partial charge in [0, 0.05) is 43.2 Å². The molecule has 33 heavy (non-hydrogen) atoms. The first kappa shape index (κ1) is 22.3. The zero-order valence-corrected chi connectivity index (χ0v) is 20.5. The van der Waals surface area contributed by atoms with Crippen LogP contribution in [0.5, 0.6) is 0 Å². The van der Waals surface area contributed by atoms with Crippen molar-refractivity contribution in [2.24, 2.45) is 11.3 Å². The molecule has 0 N–H and O–H groups in total. The highest BCUT2D eigenvalue weighted by molar-refractivity contribution is 6.07. The summed E-state index contributed by atoms with van der Waals surface area (Å²) in [6, 6.07) is 6.11. The minimum absolute atomic E-state index is 0.0852. The molecule has 1 aromatic heterocycles. The van der Waals surface area contributed by atoms with Crippen LogP contribution in [0.1, 0.15) is 60.3 Å². The summed E-state index contributed by atoms with van der Waals surface area (Å²) in [5, 5.41) is 0.964. The Bertz CT molecular complexity index is 1100. The summed E-state index contributed by atoms with van der Waals surface area (Å²) in [7, 11) is 0. The highest BCUT2D eigenvalue weighted by Gasteiger charge is 2.59. The van der Waals surface area contributed by atoms with Gasteiger partial charge in [0.25, 0.3) is 5.91 Å². The number of nitrogens with zero attached hydrogens (tertiary/aromatic N) is 3. The number of rotatable bonds is 2. The van der Waals surface area contributed by atoms with E-state index in [0.29, 0.717) is 32.1 Å². The quantitative estimate of drug-likeness (QED) is 0.694. The van der Waals surface area contributed by atoms with E-state index in [1.165, 1.54) is 0 Å². The van der Waals surface area contributed by atoms with Gasteiger partial charge in [-0.1, -0.05) is 6.07 Å². The third-order valence-electron chi connectivity index (χ3n) is 7.87. The number of amides is 2. The SMILES string of the molecule is Cc1cc(C)c2c(C(=O)N3CCC4(CC3)CC4C(=O)N3C[C@@H](C)O[C@@H](C)C3)cc(C)nc2c1. The van der Waals surface area contributed by atoms with E-state index in [-0.39, 0.29) is 29.4 Å². The molecule has 3 aliphatic rings. The fourth-order valence-electron chi connectivity index (χ4n) is 6.21. The minimum Gasteiger partial charge on any atom is -0.372 e. The fourth-order valence-corrected chi connectivity index (χ4v) is 6.21. The molecule has 3 fully saturated rings. The van der Waals surface area contributed by atoms with E-state index in [2.05, 4.69) is 31.0 Å². The van der Waals surface area contributed by atoms with Gasteiger partial charge in [0.15, 0.2) is 0 Å². The van der Waals surface area contributed by atoms with E-state index in [0.717, 1.165) is 52.5 Å². The number of ether oxygens (including phenoxy) is 1. The number of likely N-dealkylation sites (tertiary alicyclic amines) is 1. The Morgan fingerprint density at radius 2 is 1.67 bits per heavy atom. The smallest absolute Gasteiger partial charge is 0.254 e. The number of aryl methyl sites for hydroxylation is 3. The maximum absolute atomic E-state index is 13.6. The van der Waals surface area contributed by atoms with Crippen molar-refractivity contribution in [2.75, 3.05) is 26.2 Å². The van der Waals surface area contributed by atoms with Gasteiger partial charge in [-0.2, -0.15) is 0 Å². The fraction of sp³-hybridized carbons (Fsp3) is 0.593. The number of aromatic nitrogens is 1.